The molecule has 1 N–H and O–H groups in total. The fourth-order valence-corrected chi connectivity index (χ4v) is 4.01. The van der Waals surface area contributed by atoms with Crippen molar-refractivity contribution in [3.8, 4) is 11.5 Å². The van der Waals surface area contributed by atoms with Gasteiger partial charge in [-0.25, -0.2) is 0 Å². The standard InChI is InChI=1S/C21H33N3O3/c1-3-15-26-18-4-6-19(7-5-18)27-16-14-24-13-12-23(2)21(17-24)9-8-20(25)22-11-10-21/h4-7H,3,8-17H2,1-2H3,(H,22,25)/t21-/m1/s1. The van der Waals surface area contributed by atoms with Crippen LogP contribution in [0.2, 0.25) is 0 Å². The number of amides is 1. The summed E-state index contributed by atoms with van der Waals surface area (Å²) in [7, 11) is 2.20. The van der Waals surface area contributed by atoms with Gasteiger partial charge in [-0.1, -0.05) is 6.92 Å². The van der Waals surface area contributed by atoms with Gasteiger partial charge in [0.2, 0.25) is 5.91 Å². The van der Waals surface area contributed by atoms with Gasteiger partial charge in [0, 0.05) is 44.7 Å². The van der Waals surface area contributed by atoms with Gasteiger partial charge in [0.1, 0.15) is 18.1 Å². The Morgan fingerprint density at radius 1 is 1.07 bits per heavy atom. The lowest BCUT2D eigenvalue weighted by molar-refractivity contribution is -0.121. The van der Waals surface area contributed by atoms with Crippen molar-refractivity contribution in [2.75, 3.05) is 53.0 Å². The van der Waals surface area contributed by atoms with Gasteiger partial charge >= 0.3 is 0 Å². The number of carbonyl (C=O) groups is 1. The van der Waals surface area contributed by atoms with Crippen molar-refractivity contribution in [2.24, 2.45) is 0 Å². The van der Waals surface area contributed by atoms with Gasteiger partial charge in [-0.05, 0) is 50.6 Å². The predicted molar refractivity (Wildman–Crippen MR) is 106 cm³/mol. The largest absolute Gasteiger partial charge is 0.494 e. The van der Waals surface area contributed by atoms with Crippen LogP contribution < -0.4 is 14.8 Å². The molecule has 1 aromatic carbocycles. The number of likely N-dealkylation sites (N-methyl/N-ethyl adjacent to an activating group) is 1. The summed E-state index contributed by atoms with van der Waals surface area (Å²) < 4.78 is 11.5. The third-order valence-corrected chi connectivity index (χ3v) is 5.78. The molecule has 2 heterocycles. The Kier molecular flexibility index (Phi) is 6.96. The van der Waals surface area contributed by atoms with E-state index in [0.29, 0.717) is 13.0 Å². The fourth-order valence-electron chi connectivity index (χ4n) is 4.01. The van der Waals surface area contributed by atoms with E-state index in [9.17, 15) is 4.79 Å². The summed E-state index contributed by atoms with van der Waals surface area (Å²) in [5.74, 6) is 1.96. The number of nitrogens with one attached hydrogen (secondary N) is 1. The van der Waals surface area contributed by atoms with Crippen molar-refractivity contribution in [3.63, 3.8) is 0 Å². The van der Waals surface area contributed by atoms with Gasteiger partial charge in [0.05, 0.1) is 6.61 Å². The van der Waals surface area contributed by atoms with Crippen molar-refractivity contribution >= 4 is 5.91 Å². The van der Waals surface area contributed by atoms with Crippen molar-refractivity contribution in [3.05, 3.63) is 24.3 Å². The van der Waals surface area contributed by atoms with E-state index in [1.54, 1.807) is 0 Å². The van der Waals surface area contributed by atoms with Crippen molar-refractivity contribution in [1.82, 2.24) is 15.1 Å². The average Bonchev–Trinajstić information content (AvgIpc) is 2.86. The monoisotopic (exact) mass is 375 g/mol. The Hall–Kier alpha value is -1.79. The number of rotatable bonds is 7. The summed E-state index contributed by atoms with van der Waals surface area (Å²) in [6, 6.07) is 7.87. The number of nitrogens with zero attached hydrogens (tertiary/aromatic N) is 2. The van der Waals surface area contributed by atoms with Gasteiger partial charge in [-0.2, -0.15) is 0 Å². The molecule has 0 saturated carbocycles. The molecule has 2 aliphatic rings. The van der Waals surface area contributed by atoms with Crippen LogP contribution in [0.1, 0.15) is 32.6 Å². The molecule has 2 fully saturated rings. The molecule has 0 bridgehead atoms. The first-order valence-electron chi connectivity index (χ1n) is 10.2. The Balaban J connectivity index is 1.47. The molecule has 6 heteroatoms. The van der Waals surface area contributed by atoms with Gasteiger partial charge in [0.15, 0.2) is 0 Å². The Morgan fingerprint density at radius 3 is 2.48 bits per heavy atom. The highest BCUT2D eigenvalue weighted by Crippen LogP contribution is 2.30. The molecule has 1 aromatic rings. The minimum atomic E-state index is 0.107. The lowest BCUT2D eigenvalue weighted by atomic mass is 9.86. The maximum atomic E-state index is 11.7. The average molecular weight is 376 g/mol. The summed E-state index contributed by atoms with van der Waals surface area (Å²) in [4.78, 5) is 16.7. The van der Waals surface area contributed by atoms with Crippen LogP contribution in [0.3, 0.4) is 0 Å². The van der Waals surface area contributed by atoms with E-state index in [2.05, 4.69) is 29.1 Å². The zero-order chi connectivity index (χ0) is 19.1. The lowest BCUT2D eigenvalue weighted by Crippen LogP contribution is -2.61. The number of benzene rings is 1. The fraction of sp³-hybridized carbons (Fsp3) is 0.667. The van der Waals surface area contributed by atoms with E-state index in [1.165, 1.54) is 0 Å². The van der Waals surface area contributed by atoms with E-state index in [-0.39, 0.29) is 11.4 Å². The molecule has 150 valence electrons. The minimum Gasteiger partial charge on any atom is -0.494 e. The van der Waals surface area contributed by atoms with E-state index in [0.717, 1.165) is 70.1 Å². The first-order chi connectivity index (χ1) is 13.1. The van der Waals surface area contributed by atoms with Crippen LogP contribution in [-0.2, 0) is 4.79 Å². The molecule has 1 spiro atoms. The molecule has 1 amide bonds. The van der Waals surface area contributed by atoms with Crippen molar-refractivity contribution in [1.29, 1.82) is 0 Å². The highest BCUT2D eigenvalue weighted by molar-refractivity contribution is 5.76. The zero-order valence-electron chi connectivity index (χ0n) is 16.7. The van der Waals surface area contributed by atoms with E-state index in [1.807, 2.05) is 24.3 Å². The third-order valence-electron chi connectivity index (χ3n) is 5.78. The molecular weight excluding hydrogens is 342 g/mol. The van der Waals surface area contributed by atoms with Crippen LogP contribution in [0.5, 0.6) is 11.5 Å². The van der Waals surface area contributed by atoms with E-state index < -0.39 is 0 Å². The van der Waals surface area contributed by atoms with Gasteiger partial charge in [-0.15, -0.1) is 0 Å². The summed E-state index contributed by atoms with van der Waals surface area (Å²) in [6.07, 6.45) is 3.59. The maximum absolute atomic E-state index is 11.7. The third kappa shape index (κ3) is 5.36. The molecule has 0 radical (unpaired) electrons. The molecule has 3 rings (SSSR count). The molecule has 27 heavy (non-hydrogen) atoms. The summed E-state index contributed by atoms with van der Waals surface area (Å²) in [5, 5.41) is 3.01. The Bertz CT molecular complexity index is 607. The second kappa shape index (κ2) is 9.42. The number of hydrogen-bond donors (Lipinski definition) is 1. The molecule has 2 aliphatic heterocycles. The molecule has 1 atom stereocenters. The Morgan fingerprint density at radius 2 is 1.78 bits per heavy atom. The zero-order valence-corrected chi connectivity index (χ0v) is 16.7. The molecule has 0 unspecified atom stereocenters. The number of hydrogen-bond acceptors (Lipinski definition) is 5. The van der Waals surface area contributed by atoms with Gasteiger partial charge in [-0.3, -0.25) is 14.6 Å². The molecular formula is C21H33N3O3. The molecule has 0 aliphatic carbocycles. The normalized spacial score (nSPS) is 24.4. The SMILES string of the molecule is CCCOc1ccc(OCCN2CCN(C)[C@]3(CCNC(=O)CC3)C2)cc1. The van der Waals surface area contributed by atoms with Crippen LogP contribution >= 0.6 is 0 Å². The number of piperazine rings is 1. The molecule has 2 saturated heterocycles. The minimum absolute atomic E-state index is 0.107. The van der Waals surface area contributed by atoms with Crippen LogP contribution in [0.15, 0.2) is 24.3 Å². The molecule has 0 aromatic heterocycles. The van der Waals surface area contributed by atoms with Crippen molar-refractivity contribution < 1.29 is 14.3 Å². The smallest absolute Gasteiger partial charge is 0.220 e. The van der Waals surface area contributed by atoms with Crippen molar-refractivity contribution in [2.45, 2.75) is 38.1 Å². The van der Waals surface area contributed by atoms with Crippen LogP contribution in [0.25, 0.3) is 0 Å². The second-order valence-corrected chi connectivity index (χ2v) is 7.69. The highest BCUT2D eigenvalue weighted by Gasteiger charge is 2.40. The maximum Gasteiger partial charge on any atom is 0.220 e. The lowest BCUT2D eigenvalue weighted by Gasteiger charge is -2.49. The summed E-state index contributed by atoms with van der Waals surface area (Å²) in [5.41, 5.74) is 0.107. The van der Waals surface area contributed by atoms with E-state index >= 15 is 0 Å². The summed E-state index contributed by atoms with van der Waals surface area (Å²) >= 11 is 0. The Labute approximate surface area is 162 Å². The quantitative estimate of drug-likeness (QED) is 0.791. The highest BCUT2D eigenvalue weighted by atomic mass is 16.5. The van der Waals surface area contributed by atoms with Gasteiger partial charge in [0.25, 0.3) is 0 Å². The number of ether oxygens (including phenoxy) is 2. The second-order valence-electron chi connectivity index (χ2n) is 7.69. The van der Waals surface area contributed by atoms with E-state index in [4.69, 9.17) is 9.47 Å². The molecule has 6 nitrogen and oxygen atoms in total. The first-order valence-corrected chi connectivity index (χ1v) is 10.2. The van der Waals surface area contributed by atoms with Crippen LogP contribution in [0, 0.1) is 0 Å². The van der Waals surface area contributed by atoms with Crippen LogP contribution in [-0.4, -0.2) is 74.2 Å². The van der Waals surface area contributed by atoms with Crippen LogP contribution in [0.4, 0.5) is 0 Å². The predicted octanol–water partition coefficient (Wildman–Crippen LogP) is 2.14. The first kappa shape index (κ1) is 20.0. The van der Waals surface area contributed by atoms with Gasteiger partial charge < -0.3 is 14.8 Å². The topological polar surface area (TPSA) is 54.0 Å². The summed E-state index contributed by atoms with van der Waals surface area (Å²) in [6.45, 7) is 8.29. The number of carbonyl (C=O) groups excluding carboxylic acids is 1.